The van der Waals surface area contributed by atoms with Gasteiger partial charge in [0.05, 0.1) is 0 Å². The van der Waals surface area contributed by atoms with Gasteiger partial charge in [-0.15, -0.1) is 12.4 Å². The first-order valence-corrected chi connectivity index (χ1v) is 3.94. The summed E-state index contributed by atoms with van der Waals surface area (Å²) in [5, 5.41) is 0. The molecule has 0 atom stereocenters. The molecular formula is C8H17ClN2O2. The molecule has 0 aromatic heterocycles. The van der Waals surface area contributed by atoms with Gasteiger partial charge in [0.2, 0.25) is 11.8 Å². The van der Waals surface area contributed by atoms with E-state index >= 15 is 0 Å². The summed E-state index contributed by atoms with van der Waals surface area (Å²) < 4.78 is 0. The Balaban J connectivity index is 0. The van der Waals surface area contributed by atoms with Gasteiger partial charge in [-0.2, -0.15) is 0 Å². The second kappa shape index (κ2) is 5.80. The molecule has 0 bridgehead atoms. The van der Waals surface area contributed by atoms with Crippen molar-refractivity contribution < 1.29 is 9.59 Å². The van der Waals surface area contributed by atoms with E-state index in [0.717, 1.165) is 0 Å². The van der Waals surface area contributed by atoms with Gasteiger partial charge in [0.1, 0.15) is 0 Å². The zero-order valence-corrected chi connectivity index (χ0v) is 8.82. The molecule has 0 saturated heterocycles. The molecule has 0 heterocycles. The van der Waals surface area contributed by atoms with Crippen LogP contribution in [0.4, 0.5) is 0 Å². The van der Waals surface area contributed by atoms with Crippen LogP contribution in [0.5, 0.6) is 0 Å². The first-order chi connectivity index (χ1) is 5.36. The van der Waals surface area contributed by atoms with Gasteiger partial charge < -0.3 is 11.5 Å². The van der Waals surface area contributed by atoms with Crippen molar-refractivity contribution in [1.29, 1.82) is 0 Å². The maximum Gasteiger partial charge on any atom is 0.223 e. The third-order valence-corrected chi connectivity index (χ3v) is 1.89. The first kappa shape index (κ1) is 14.7. The molecule has 0 saturated carbocycles. The number of amides is 2. The van der Waals surface area contributed by atoms with Crippen molar-refractivity contribution in [3.05, 3.63) is 0 Å². The molecule has 78 valence electrons. The quantitative estimate of drug-likeness (QED) is 0.692. The Bertz CT molecular complexity index is 193. The van der Waals surface area contributed by atoms with Crippen molar-refractivity contribution in [3.63, 3.8) is 0 Å². The van der Waals surface area contributed by atoms with E-state index in [1.807, 2.05) is 0 Å². The van der Waals surface area contributed by atoms with Gasteiger partial charge >= 0.3 is 0 Å². The maximum atomic E-state index is 10.8. The highest BCUT2D eigenvalue weighted by atomic mass is 35.5. The SMILES string of the molecule is CC(C)(CCCC(N)=O)C(N)=O.Cl. The number of carbonyl (C=O) groups is 2. The highest BCUT2D eigenvalue weighted by molar-refractivity contribution is 5.85. The van der Waals surface area contributed by atoms with E-state index in [1.54, 1.807) is 13.8 Å². The van der Waals surface area contributed by atoms with E-state index in [1.165, 1.54) is 0 Å². The molecule has 0 aliphatic carbocycles. The number of primary amides is 2. The molecule has 0 rings (SSSR count). The van der Waals surface area contributed by atoms with Gasteiger partial charge in [-0.3, -0.25) is 9.59 Å². The van der Waals surface area contributed by atoms with E-state index in [0.29, 0.717) is 19.3 Å². The molecule has 0 spiro atoms. The standard InChI is InChI=1S/C8H16N2O2.ClH/c1-8(2,7(10)12)5-3-4-6(9)11;/h3-5H2,1-2H3,(H2,9,11)(H2,10,12);1H. The fraction of sp³-hybridized carbons (Fsp3) is 0.750. The van der Waals surface area contributed by atoms with Crippen LogP contribution in [0.2, 0.25) is 0 Å². The minimum atomic E-state index is -0.532. The van der Waals surface area contributed by atoms with Crippen LogP contribution >= 0.6 is 12.4 Å². The molecule has 5 heteroatoms. The molecule has 2 amide bonds. The number of halogens is 1. The fourth-order valence-corrected chi connectivity index (χ4v) is 0.828. The molecule has 0 aromatic rings. The normalized spacial score (nSPS) is 10.3. The van der Waals surface area contributed by atoms with E-state index in [4.69, 9.17) is 11.5 Å². The van der Waals surface area contributed by atoms with Crippen molar-refractivity contribution in [2.75, 3.05) is 0 Å². The van der Waals surface area contributed by atoms with Crippen LogP contribution in [0.1, 0.15) is 33.1 Å². The predicted molar refractivity (Wildman–Crippen MR) is 53.3 cm³/mol. The first-order valence-electron chi connectivity index (χ1n) is 3.94. The number of hydrogen-bond acceptors (Lipinski definition) is 2. The number of rotatable bonds is 5. The lowest BCUT2D eigenvalue weighted by Crippen LogP contribution is -2.31. The molecule has 0 aliphatic rings. The molecule has 0 fully saturated rings. The molecule has 0 unspecified atom stereocenters. The monoisotopic (exact) mass is 208 g/mol. The third kappa shape index (κ3) is 6.40. The Hall–Kier alpha value is -0.770. The van der Waals surface area contributed by atoms with Crippen molar-refractivity contribution in [2.24, 2.45) is 16.9 Å². The molecule has 13 heavy (non-hydrogen) atoms. The van der Waals surface area contributed by atoms with Crippen LogP contribution in [-0.4, -0.2) is 11.8 Å². The highest BCUT2D eigenvalue weighted by Gasteiger charge is 2.23. The maximum absolute atomic E-state index is 10.8. The van der Waals surface area contributed by atoms with E-state index in [-0.39, 0.29) is 24.2 Å². The second-order valence-electron chi connectivity index (χ2n) is 3.57. The van der Waals surface area contributed by atoms with Crippen LogP contribution < -0.4 is 11.5 Å². The van der Waals surface area contributed by atoms with Gasteiger partial charge in [-0.1, -0.05) is 13.8 Å². The summed E-state index contributed by atoms with van der Waals surface area (Å²) in [4.78, 5) is 21.2. The van der Waals surface area contributed by atoms with Gasteiger partial charge in [-0.05, 0) is 12.8 Å². The Morgan fingerprint density at radius 2 is 1.69 bits per heavy atom. The van der Waals surface area contributed by atoms with Crippen molar-refractivity contribution in [3.8, 4) is 0 Å². The van der Waals surface area contributed by atoms with E-state index in [2.05, 4.69) is 0 Å². The van der Waals surface area contributed by atoms with Crippen LogP contribution in [0.3, 0.4) is 0 Å². The Kier molecular flexibility index (Phi) is 6.58. The van der Waals surface area contributed by atoms with Crippen LogP contribution in [-0.2, 0) is 9.59 Å². The number of nitrogens with two attached hydrogens (primary N) is 2. The summed E-state index contributed by atoms with van der Waals surface area (Å²) in [6, 6.07) is 0. The second-order valence-corrected chi connectivity index (χ2v) is 3.57. The minimum Gasteiger partial charge on any atom is -0.370 e. The fourth-order valence-electron chi connectivity index (χ4n) is 0.828. The Morgan fingerprint density at radius 1 is 1.23 bits per heavy atom. The van der Waals surface area contributed by atoms with E-state index in [9.17, 15) is 9.59 Å². The number of hydrogen-bond donors (Lipinski definition) is 2. The molecule has 0 radical (unpaired) electrons. The van der Waals surface area contributed by atoms with E-state index < -0.39 is 5.41 Å². The lowest BCUT2D eigenvalue weighted by molar-refractivity contribution is -0.127. The summed E-state index contributed by atoms with van der Waals surface area (Å²) in [6.45, 7) is 3.52. The van der Waals surface area contributed by atoms with Crippen LogP contribution in [0, 0.1) is 5.41 Å². The van der Waals surface area contributed by atoms with Crippen molar-refractivity contribution in [2.45, 2.75) is 33.1 Å². The molecule has 0 aromatic carbocycles. The topological polar surface area (TPSA) is 86.2 Å². The van der Waals surface area contributed by atoms with Crippen molar-refractivity contribution >= 4 is 24.2 Å². The van der Waals surface area contributed by atoms with Gasteiger partial charge in [-0.25, -0.2) is 0 Å². The zero-order valence-electron chi connectivity index (χ0n) is 8.00. The summed E-state index contributed by atoms with van der Waals surface area (Å²) in [5.41, 5.74) is 9.54. The minimum absolute atomic E-state index is 0. The summed E-state index contributed by atoms with van der Waals surface area (Å²) in [5.74, 6) is -0.678. The summed E-state index contributed by atoms with van der Waals surface area (Å²) in [6.07, 6.45) is 1.53. The van der Waals surface area contributed by atoms with Crippen LogP contribution in [0.25, 0.3) is 0 Å². The zero-order chi connectivity index (χ0) is 9.78. The molecular weight excluding hydrogens is 192 g/mol. The smallest absolute Gasteiger partial charge is 0.223 e. The average Bonchev–Trinajstić information content (AvgIpc) is 1.85. The van der Waals surface area contributed by atoms with Gasteiger partial charge in [0, 0.05) is 11.8 Å². The lowest BCUT2D eigenvalue weighted by Gasteiger charge is -2.19. The Labute approximate surface area is 84.4 Å². The molecule has 0 aliphatic heterocycles. The highest BCUT2D eigenvalue weighted by Crippen LogP contribution is 2.21. The van der Waals surface area contributed by atoms with Crippen LogP contribution in [0.15, 0.2) is 0 Å². The molecule has 4 nitrogen and oxygen atoms in total. The Morgan fingerprint density at radius 3 is 2.00 bits per heavy atom. The number of carbonyl (C=O) groups excluding carboxylic acids is 2. The average molecular weight is 209 g/mol. The predicted octanol–water partition coefficient (Wildman–Crippen LogP) is 0.575. The summed E-state index contributed by atoms with van der Waals surface area (Å²) in [7, 11) is 0. The lowest BCUT2D eigenvalue weighted by atomic mass is 9.86. The van der Waals surface area contributed by atoms with Gasteiger partial charge in [0.15, 0.2) is 0 Å². The van der Waals surface area contributed by atoms with Crippen molar-refractivity contribution in [1.82, 2.24) is 0 Å². The largest absolute Gasteiger partial charge is 0.370 e. The summed E-state index contributed by atoms with van der Waals surface area (Å²) >= 11 is 0. The van der Waals surface area contributed by atoms with Gasteiger partial charge in [0.25, 0.3) is 0 Å². The third-order valence-electron chi connectivity index (χ3n) is 1.89. The molecule has 4 N–H and O–H groups in total.